The van der Waals surface area contributed by atoms with E-state index in [1.54, 1.807) is 0 Å². The van der Waals surface area contributed by atoms with E-state index in [2.05, 4.69) is 10.5 Å². The van der Waals surface area contributed by atoms with Crippen LogP contribution >= 0.6 is 23.4 Å². The Balaban J connectivity index is 1.77. The zero-order valence-corrected chi connectivity index (χ0v) is 13.6. The molecule has 0 aromatic heterocycles. The molecule has 2 aromatic carbocycles. The predicted octanol–water partition coefficient (Wildman–Crippen LogP) is 3.13. The van der Waals surface area contributed by atoms with Crippen LogP contribution in [0.25, 0.3) is 0 Å². The number of thioether (sulfide) groups is 1. The number of hydrogen-bond acceptors (Lipinski definition) is 5. The van der Waals surface area contributed by atoms with Crippen molar-refractivity contribution in [3.63, 3.8) is 0 Å². The van der Waals surface area contributed by atoms with Gasteiger partial charge in [0.15, 0.2) is 0 Å². The van der Waals surface area contributed by atoms with E-state index in [-0.39, 0.29) is 23.2 Å². The fraction of sp³-hybridized carbons (Fsp3) is 0.125. The molecule has 23 heavy (non-hydrogen) atoms. The number of benzene rings is 2. The highest BCUT2D eigenvalue weighted by atomic mass is 35.5. The quantitative estimate of drug-likeness (QED) is 0.552. The van der Waals surface area contributed by atoms with Gasteiger partial charge in [0, 0.05) is 22.4 Å². The maximum atomic E-state index is 11.7. The molecule has 2 rings (SSSR count). The molecule has 0 heterocycles. The monoisotopic (exact) mass is 350 g/mol. The van der Waals surface area contributed by atoms with Crippen molar-refractivity contribution >= 4 is 35.5 Å². The molecule has 0 saturated carbocycles. The van der Waals surface area contributed by atoms with E-state index in [4.69, 9.17) is 11.6 Å². The van der Waals surface area contributed by atoms with Crippen LogP contribution in [0.1, 0.15) is 11.1 Å². The summed E-state index contributed by atoms with van der Waals surface area (Å²) in [6.45, 7) is 0. The SMILES string of the molecule is O=C(CSCc1ccccc1Cl)NN=Cc1ccc(O)cc1O. The lowest BCUT2D eigenvalue weighted by Gasteiger charge is -2.03. The number of halogens is 1. The molecule has 1 amide bonds. The number of phenolic OH excluding ortho intramolecular Hbond substituents is 2. The smallest absolute Gasteiger partial charge is 0.250 e. The first kappa shape index (κ1) is 17.2. The first-order valence-electron chi connectivity index (χ1n) is 6.71. The number of carbonyl (C=O) groups excluding carboxylic acids is 1. The Bertz CT molecular complexity index is 722. The summed E-state index contributed by atoms with van der Waals surface area (Å²) in [6, 6.07) is 11.6. The molecule has 0 aliphatic heterocycles. The van der Waals surface area contributed by atoms with Crippen molar-refractivity contribution in [2.75, 3.05) is 5.75 Å². The van der Waals surface area contributed by atoms with Crippen LogP contribution in [-0.4, -0.2) is 28.1 Å². The summed E-state index contributed by atoms with van der Waals surface area (Å²) in [6.07, 6.45) is 1.31. The van der Waals surface area contributed by atoms with Crippen molar-refractivity contribution in [1.82, 2.24) is 5.43 Å². The number of hydrazone groups is 1. The Hall–Kier alpha value is -2.18. The van der Waals surface area contributed by atoms with E-state index in [9.17, 15) is 15.0 Å². The van der Waals surface area contributed by atoms with Crippen LogP contribution in [0.15, 0.2) is 47.6 Å². The molecule has 7 heteroatoms. The van der Waals surface area contributed by atoms with Crippen LogP contribution in [0.2, 0.25) is 5.02 Å². The average molecular weight is 351 g/mol. The fourth-order valence-corrected chi connectivity index (χ4v) is 2.82. The Kier molecular flexibility index (Phi) is 6.31. The Labute approximate surface area is 143 Å². The summed E-state index contributed by atoms with van der Waals surface area (Å²) in [5.41, 5.74) is 3.75. The second kappa shape index (κ2) is 8.45. The minimum Gasteiger partial charge on any atom is -0.508 e. The molecular weight excluding hydrogens is 336 g/mol. The lowest BCUT2D eigenvalue weighted by Crippen LogP contribution is -2.19. The highest BCUT2D eigenvalue weighted by Gasteiger charge is 2.03. The summed E-state index contributed by atoms with van der Waals surface area (Å²) < 4.78 is 0. The molecule has 2 aromatic rings. The molecule has 3 N–H and O–H groups in total. The van der Waals surface area contributed by atoms with E-state index in [1.807, 2.05) is 24.3 Å². The third kappa shape index (κ3) is 5.50. The average Bonchev–Trinajstić information content (AvgIpc) is 2.51. The van der Waals surface area contributed by atoms with Gasteiger partial charge in [-0.1, -0.05) is 29.8 Å². The van der Waals surface area contributed by atoms with Crippen LogP contribution in [0.5, 0.6) is 11.5 Å². The molecule has 0 aliphatic rings. The Morgan fingerprint density at radius 2 is 2.04 bits per heavy atom. The molecule has 0 aliphatic carbocycles. The summed E-state index contributed by atoms with van der Waals surface area (Å²) >= 11 is 7.47. The van der Waals surface area contributed by atoms with Gasteiger partial charge in [-0.15, -0.1) is 11.8 Å². The largest absolute Gasteiger partial charge is 0.508 e. The molecule has 5 nitrogen and oxygen atoms in total. The first-order valence-corrected chi connectivity index (χ1v) is 8.24. The highest BCUT2D eigenvalue weighted by molar-refractivity contribution is 7.99. The molecule has 0 unspecified atom stereocenters. The van der Waals surface area contributed by atoms with Crippen molar-refractivity contribution in [2.24, 2.45) is 5.10 Å². The normalized spacial score (nSPS) is 10.8. The number of phenols is 2. The number of hydrogen-bond donors (Lipinski definition) is 3. The third-order valence-electron chi connectivity index (χ3n) is 2.86. The van der Waals surface area contributed by atoms with Gasteiger partial charge < -0.3 is 10.2 Å². The van der Waals surface area contributed by atoms with Gasteiger partial charge in [-0.2, -0.15) is 5.10 Å². The van der Waals surface area contributed by atoms with Gasteiger partial charge in [-0.25, -0.2) is 5.43 Å². The topological polar surface area (TPSA) is 81.9 Å². The van der Waals surface area contributed by atoms with Gasteiger partial charge in [0.25, 0.3) is 0 Å². The fourth-order valence-electron chi connectivity index (χ4n) is 1.72. The first-order chi connectivity index (χ1) is 11.1. The second-order valence-electron chi connectivity index (χ2n) is 4.62. The zero-order valence-electron chi connectivity index (χ0n) is 12.1. The van der Waals surface area contributed by atoms with E-state index < -0.39 is 0 Å². The molecule has 0 bridgehead atoms. The number of aromatic hydroxyl groups is 2. The zero-order chi connectivity index (χ0) is 16.7. The molecule has 0 saturated heterocycles. The van der Waals surface area contributed by atoms with Gasteiger partial charge in [0.1, 0.15) is 11.5 Å². The minimum absolute atomic E-state index is 0.0420. The van der Waals surface area contributed by atoms with Crippen LogP contribution in [0.4, 0.5) is 0 Å². The summed E-state index contributed by atoms with van der Waals surface area (Å²) in [5, 5.41) is 23.2. The van der Waals surface area contributed by atoms with Gasteiger partial charge in [0.05, 0.1) is 12.0 Å². The van der Waals surface area contributed by atoms with Crippen LogP contribution in [-0.2, 0) is 10.5 Å². The van der Waals surface area contributed by atoms with Gasteiger partial charge in [0.2, 0.25) is 5.91 Å². The lowest BCUT2D eigenvalue weighted by molar-refractivity contribution is -0.118. The van der Waals surface area contributed by atoms with Crippen LogP contribution < -0.4 is 5.43 Å². The van der Waals surface area contributed by atoms with Gasteiger partial charge >= 0.3 is 0 Å². The van der Waals surface area contributed by atoms with Crippen molar-refractivity contribution < 1.29 is 15.0 Å². The maximum Gasteiger partial charge on any atom is 0.250 e. The Morgan fingerprint density at radius 1 is 1.26 bits per heavy atom. The van der Waals surface area contributed by atoms with Crippen LogP contribution in [0.3, 0.4) is 0 Å². The third-order valence-corrected chi connectivity index (χ3v) is 4.21. The van der Waals surface area contributed by atoms with E-state index in [0.29, 0.717) is 16.3 Å². The van der Waals surface area contributed by atoms with Crippen molar-refractivity contribution in [3.05, 3.63) is 58.6 Å². The summed E-state index contributed by atoms with van der Waals surface area (Å²) in [5.74, 6) is 0.465. The predicted molar refractivity (Wildman–Crippen MR) is 93.1 cm³/mol. The van der Waals surface area contributed by atoms with E-state index >= 15 is 0 Å². The van der Waals surface area contributed by atoms with Gasteiger partial charge in [-0.05, 0) is 23.8 Å². The van der Waals surface area contributed by atoms with E-state index in [0.717, 1.165) is 5.56 Å². The summed E-state index contributed by atoms with van der Waals surface area (Å²) in [4.78, 5) is 11.7. The van der Waals surface area contributed by atoms with Crippen LogP contribution in [0, 0.1) is 0 Å². The number of carbonyl (C=O) groups is 1. The Morgan fingerprint density at radius 3 is 2.78 bits per heavy atom. The molecule has 0 spiro atoms. The van der Waals surface area contributed by atoms with E-state index in [1.165, 1.54) is 36.2 Å². The lowest BCUT2D eigenvalue weighted by atomic mass is 10.2. The minimum atomic E-state index is -0.253. The van der Waals surface area contributed by atoms with Crippen molar-refractivity contribution in [1.29, 1.82) is 0 Å². The molecule has 120 valence electrons. The molecule has 0 fully saturated rings. The number of amides is 1. The maximum absolute atomic E-state index is 11.7. The second-order valence-corrected chi connectivity index (χ2v) is 6.01. The highest BCUT2D eigenvalue weighted by Crippen LogP contribution is 2.21. The molecular formula is C16H15ClN2O3S. The number of nitrogens with one attached hydrogen (secondary N) is 1. The number of rotatable bonds is 6. The number of nitrogens with zero attached hydrogens (tertiary/aromatic N) is 1. The summed E-state index contributed by atoms with van der Waals surface area (Å²) in [7, 11) is 0. The van der Waals surface area contributed by atoms with Crippen molar-refractivity contribution in [3.8, 4) is 11.5 Å². The standard InChI is InChI=1S/C16H15ClN2O3S/c17-14-4-2-1-3-12(14)9-23-10-16(22)19-18-8-11-5-6-13(20)7-15(11)21/h1-8,20-21H,9-10H2,(H,19,22). The van der Waals surface area contributed by atoms with Crippen molar-refractivity contribution in [2.45, 2.75) is 5.75 Å². The van der Waals surface area contributed by atoms with Gasteiger partial charge in [-0.3, -0.25) is 4.79 Å². The molecule has 0 radical (unpaired) electrons. The molecule has 0 atom stereocenters.